The summed E-state index contributed by atoms with van der Waals surface area (Å²) in [5, 5.41) is 10.7. The molecule has 1 aliphatic rings. The molecule has 27 heavy (non-hydrogen) atoms. The van der Waals surface area contributed by atoms with Crippen molar-refractivity contribution in [1.29, 1.82) is 0 Å². The molecule has 1 amide bonds. The molecular formula is C23H20N2O2. The van der Waals surface area contributed by atoms with Gasteiger partial charge in [0, 0.05) is 11.8 Å². The van der Waals surface area contributed by atoms with Crippen molar-refractivity contribution in [2.75, 3.05) is 0 Å². The Morgan fingerprint density at radius 1 is 0.963 bits per heavy atom. The third-order valence-electron chi connectivity index (χ3n) is 4.84. The molecule has 2 aromatic carbocycles. The Morgan fingerprint density at radius 3 is 2.33 bits per heavy atom. The monoisotopic (exact) mass is 356 g/mol. The van der Waals surface area contributed by atoms with E-state index in [4.69, 9.17) is 0 Å². The van der Waals surface area contributed by atoms with Gasteiger partial charge in [0.15, 0.2) is 5.76 Å². The van der Waals surface area contributed by atoms with E-state index in [0.717, 1.165) is 22.4 Å². The molecular weight excluding hydrogens is 336 g/mol. The van der Waals surface area contributed by atoms with Crippen molar-refractivity contribution in [1.82, 2.24) is 9.88 Å². The van der Waals surface area contributed by atoms with Crippen LogP contribution in [-0.2, 0) is 11.3 Å². The molecule has 1 N–H and O–H groups in total. The quantitative estimate of drug-likeness (QED) is 0.752. The fourth-order valence-corrected chi connectivity index (χ4v) is 3.49. The highest BCUT2D eigenvalue weighted by atomic mass is 16.3. The van der Waals surface area contributed by atoms with Gasteiger partial charge in [0.2, 0.25) is 0 Å². The predicted molar refractivity (Wildman–Crippen MR) is 105 cm³/mol. The summed E-state index contributed by atoms with van der Waals surface area (Å²) < 4.78 is 0. The molecule has 3 aromatic rings. The van der Waals surface area contributed by atoms with E-state index in [9.17, 15) is 9.90 Å². The Morgan fingerprint density at radius 2 is 1.67 bits per heavy atom. The van der Waals surface area contributed by atoms with Gasteiger partial charge in [0.1, 0.15) is 0 Å². The molecule has 0 saturated heterocycles. The fourth-order valence-electron chi connectivity index (χ4n) is 3.49. The lowest BCUT2D eigenvalue weighted by molar-refractivity contribution is -0.130. The molecule has 0 spiro atoms. The number of pyridine rings is 1. The molecule has 1 aromatic heterocycles. The van der Waals surface area contributed by atoms with Gasteiger partial charge >= 0.3 is 0 Å². The van der Waals surface area contributed by atoms with Gasteiger partial charge in [-0.1, -0.05) is 66.2 Å². The van der Waals surface area contributed by atoms with E-state index in [1.807, 2.05) is 79.7 Å². The summed E-state index contributed by atoms with van der Waals surface area (Å²) in [6.45, 7) is 2.35. The zero-order valence-electron chi connectivity index (χ0n) is 15.0. The third kappa shape index (κ3) is 3.22. The summed E-state index contributed by atoms with van der Waals surface area (Å²) in [4.78, 5) is 19.0. The summed E-state index contributed by atoms with van der Waals surface area (Å²) in [5.41, 5.74) is 4.36. The number of hydrogen-bond donors (Lipinski definition) is 1. The fraction of sp³-hybridized carbons (Fsp3) is 0.130. The average molecular weight is 356 g/mol. The van der Waals surface area contributed by atoms with Crippen LogP contribution in [0.5, 0.6) is 0 Å². The van der Waals surface area contributed by atoms with Gasteiger partial charge in [0.05, 0.1) is 18.3 Å². The van der Waals surface area contributed by atoms with E-state index in [-0.39, 0.29) is 17.7 Å². The topological polar surface area (TPSA) is 53.4 Å². The van der Waals surface area contributed by atoms with E-state index < -0.39 is 0 Å². The number of nitrogens with zero attached hydrogens (tertiary/aromatic N) is 2. The Bertz CT molecular complexity index is 980. The van der Waals surface area contributed by atoms with Gasteiger partial charge in [-0.05, 0) is 30.2 Å². The maximum atomic E-state index is 12.9. The highest BCUT2D eigenvalue weighted by Crippen LogP contribution is 2.43. The minimum Gasteiger partial charge on any atom is -0.503 e. The van der Waals surface area contributed by atoms with Crippen molar-refractivity contribution in [3.63, 3.8) is 0 Å². The Balaban J connectivity index is 1.81. The van der Waals surface area contributed by atoms with E-state index in [0.29, 0.717) is 12.1 Å². The van der Waals surface area contributed by atoms with Crippen molar-refractivity contribution in [2.45, 2.75) is 19.5 Å². The first-order valence-electron chi connectivity index (χ1n) is 8.91. The third-order valence-corrected chi connectivity index (χ3v) is 4.84. The zero-order valence-corrected chi connectivity index (χ0v) is 15.0. The van der Waals surface area contributed by atoms with Crippen LogP contribution in [0.4, 0.5) is 0 Å². The van der Waals surface area contributed by atoms with Crippen molar-refractivity contribution < 1.29 is 9.90 Å². The highest BCUT2D eigenvalue weighted by molar-refractivity contribution is 6.05. The Hall–Kier alpha value is -3.40. The van der Waals surface area contributed by atoms with E-state index >= 15 is 0 Å². The molecule has 0 bridgehead atoms. The first-order chi connectivity index (χ1) is 13.1. The standard InChI is InChI=1S/C23H20N2O2/c1-16-10-12-17(13-11-16)20-21(18-7-3-2-4-8-18)25(23(27)22(20)26)15-19-9-5-6-14-24-19/h2-14,21,26H,15H2,1H3/t21-/m1/s1. The molecule has 134 valence electrons. The summed E-state index contributed by atoms with van der Waals surface area (Å²) in [7, 11) is 0. The average Bonchev–Trinajstić information content (AvgIpc) is 2.95. The van der Waals surface area contributed by atoms with Crippen molar-refractivity contribution in [3.05, 3.63) is 107 Å². The Kier molecular flexibility index (Phi) is 4.47. The number of aromatic nitrogens is 1. The number of aliphatic hydroxyl groups excluding tert-OH is 1. The largest absolute Gasteiger partial charge is 0.503 e. The molecule has 0 fully saturated rings. The first-order valence-corrected chi connectivity index (χ1v) is 8.91. The van der Waals surface area contributed by atoms with Crippen molar-refractivity contribution in [3.8, 4) is 0 Å². The van der Waals surface area contributed by atoms with Gasteiger partial charge in [-0.25, -0.2) is 0 Å². The number of rotatable bonds is 4. The zero-order chi connectivity index (χ0) is 18.8. The van der Waals surface area contributed by atoms with Crippen LogP contribution < -0.4 is 0 Å². The molecule has 0 radical (unpaired) electrons. The van der Waals surface area contributed by atoms with Crippen molar-refractivity contribution in [2.24, 2.45) is 0 Å². The molecule has 2 heterocycles. The Labute approximate surface area is 158 Å². The number of amides is 1. The van der Waals surface area contributed by atoms with E-state index in [1.54, 1.807) is 11.1 Å². The number of aliphatic hydroxyl groups is 1. The molecule has 1 atom stereocenters. The summed E-state index contributed by atoms with van der Waals surface area (Å²) in [5.74, 6) is -0.561. The van der Waals surface area contributed by atoms with Gasteiger partial charge in [-0.15, -0.1) is 0 Å². The van der Waals surface area contributed by atoms with Gasteiger partial charge in [0.25, 0.3) is 5.91 Å². The van der Waals surface area contributed by atoms with Gasteiger partial charge in [-0.2, -0.15) is 0 Å². The van der Waals surface area contributed by atoms with Crippen LogP contribution in [-0.4, -0.2) is 20.9 Å². The normalized spacial score (nSPS) is 16.9. The smallest absolute Gasteiger partial charge is 0.290 e. The van der Waals surface area contributed by atoms with Gasteiger partial charge < -0.3 is 10.0 Å². The van der Waals surface area contributed by atoms with Crippen LogP contribution in [0.3, 0.4) is 0 Å². The number of carbonyl (C=O) groups is 1. The second-order valence-corrected chi connectivity index (χ2v) is 6.70. The minimum absolute atomic E-state index is 0.191. The van der Waals surface area contributed by atoms with Crippen LogP contribution in [0.1, 0.15) is 28.4 Å². The summed E-state index contributed by atoms with van der Waals surface area (Å²) in [6.07, 6.45) is 1.71. The lowest BCUT2D eigenvalue weighted by Crippen LogP contribution is -2.30. The number of carbonyl (C=O) groups excluding carboxylic acids is 1. The second kappa shape index (κ2) is 7.08. The van der Waals surface area contributed by atoms with Crippen LogP contribution in [0.25, 0.3) is 5.57 Å². The van der Waals surface area contributed by atoms with E-state index in [2.05, 4.69) is 4.98 Å². The highest BCUT2D eigenvalue weighted by Gasteiger charge is 2.41. The maximum absolute atomic E-state index is 12.9. The SMILES string of the molecule is Cc1ccc(C2=C(O)C(=O)N(Cc3ccccn3)[C@@H]2c2ccccc2)cc1. The first kappa shape index (κ1) is 17.0. The van der Waals surface area contributed by atoms with Crippen molar-refractivity contribution >= 4 is 11.5 Å². The molecule has 0 unspecified atom stereocenters. The molecule has 4 nitrogen and oxygen atoms in total. The summed E-state index contributed by atoms with van der Waals surface area (Å²) >= 11 is 0. The number of hydrogen-bond acceptors (Lipinski definition) is 3. The minimum atomic E-state index is -0.370. The number of aryl methyl sites for hydroxylation is 1. The second-order valence-electron chi connectivity index (χ2n) is 6.70. The van der Waals surface area contributed by atoms with Gasteiger partial charge in [-0.3, -0.25) is 9.78 Å². The molecule has 0 saturated carbocycles. The molecule has 4 rings (SSSR count). The number of benzene rings is 2. The lowest BCUT2D eigenvalue weighted by Gasteiger charge is -2.27. The summed E-state index contributed by atoms with van der Waals surface area (Å²) in [6, 6.07) is 23.0. The molecule has 1 aliphatic heterocycles. The van der Waals surface area contributed by atoms with Crippen LogP contribution in [0, 0.1) is 6.92 Å². The van der Waals surface area contributed by atoms with Crippen LogP contribution in [0.2, 0.25) is 0 Å². The predicted octanol–water partition coefficient (Wildman–Crippen LogP) is 4.44. The molecule has 0 aliphatic carbocycles. The lowest BCUT2D eigenvalue weighted by atomic mass is 9.93. The van der Waals surface area contributed by atoms with E-state index in [1.165, 1.54) is 0 Å². The molecule has 4 heteroatoms. The van der Waals surface area contributed by atoms with Crippen LogP contribution >= 0.6 is 0 Å². The maximum Gasteiger partial charge on any atom is 0.290 e. The van der Waals surface area contributed by atoms with Crippen LogP contribution in [0.15, 0.2) is 84.8 Å².